The van der Waals surface area contributed by atoms with Gasteiger partial charge in [0.1, 0.15) is 17.9 Å². The maximum Gasteiger partial charge on any atom is 0.161 e. The van der Waals surface area contributed by atoms with Crippen molar-refractivity contribution in [2.24, 2.45) is 5.73 Å². The van der Waals surface area contributed by atoms with Crippen LogP contribution in [0.15, 0.2) is 6.33 Å². The van der Waals surface area contributed by atoms with E-state index in [0.29, 0.717) is 5.82 Å². The van der Waals surface area contributed by atoms with Crippen LogP contribution in [-0.2, 0) is 15.6 Å². The van der Waals surface area contributed by atoms with Crippen molar-refractivity contribution in [2.75, 3.05) is 6.54 Å². The normalized spacial score (nSPS) is 14.3. The molecule has 92 valence electrons. The van der Waals surface area contributed by atoms with Crippen molar-refractivity contribution in [2.45, 2.75) is 37.8 Å². The lowest BCUT2D eigenvalue weighted by molar-refractivity contribution is 0.509. The van der Waals surface area contributed by atoms with Gasteiger partial charge < -0.3 is 5.73 Å². The fourth-order valence-corrected chi connectivity index (χ4v) is 2.42. The minimum atomic E-state index is -3.24. The van der Waals surface area contributed by atoms with Crippen molar-refractivity contribution in [3.05, 3.63) is 12.2 Å². The highest BCUT2D eigenvalue weighted by Gasteiger charge is 2.23. The molecule has 0 aliphatic rings. The van der Waals surface area contributed by atoms with Crippen LogP contribution in [0.4, 0.5) is 0 Å². The van der Waals surface area contributed by atoms with Crippen LogP contribution in [0, 0.1) is 0 Å². The zero-order valence-corrected chi connectivity index (χ0v) is 10.6. The summed E-state index contributed by atoms with van der Waals surface area (Å²) >= 11 is 0. The number of aromatic nitrogens is 3. The Balaban J connectivity index is 2.93. The second-order valence-electron chi connectivity index (χ2n) is 4.07. The van der Waals surface area contributed by atoms with Crippen molar-refractivity contribution in [1.82, 2.24) is 14.8 Å². The molecule has 0 aliphatic carbocycles. The van der Waals surface area contributed by atoms with Crippen LogP contribution < -0.4 is 5.73 Å². The van der Waals surface area contributed by atoms with E-state index in [-0.39, 0.29) is 18.3 Å². The molecule has 0 aromatic carbocycles. The summed E-state index contributed by atoms with van der Waals surface area (Å²) in [6, 6.07) is 0.0980. The molecule has 7 heteroatoms. The average Bonchev–Trinajstić information content (AvgIpc) is 2.63. The Morgan fingerprint density at radius 2 is 2.06 bits per heavy atom. The highest BCUT2D eigenvalue weighted by atomic mass is 32.2. The van der Waals surface area contributed by atoms with Crippen LogP contribution in [0.2, 0.25) is 0 Å². The second kappa shape index (κ2) is 4.92. The molecule has 0 amide bonds. The Morgan fingerprint density at radius 3 is 2.56 bits per heavy atom. The van der Waals surface area contributed by atoms with Gasteiger partial charge >= 0.3 is 0 Å². The average molecular weight is 246 g/mol. The number of nitrogens with zero attached hydrogens (tertiary/aromatic N) is 3. The van der Waals surface area contributed by atoms with Crippen molar-refractivity contribution in [1.29, 1.82) is 0 Å². The maximum absolute atomic E-state index is 11.8. The first-order chi connectivity index (χ1) is 7.38. The molecule has 0 radical (unpaired) electrons. The van der Waals surface area contributed by atoms with Crippen LogP contribution in [0.1, 0.15) is 32.6 Å². The minimum Gasteiger partial charge on any atom is -0.329 e. The van der Waals surface area contributed by atoms with Crippen molar-refractivity contribution >= 4 is 9.84 Å². The molecule has 0 saturated carbocycles. The largest absolute Gasteiger partial charge is 0.329 e. The minimum absolute atomic E-state index is 0.0980. The third kappa shape index (κ3) is 2.79. The van der Waals surface area contributed by atoms with E-state index in [1.807, 2.05) is 13.8 Å². The van der Waals surface area contributed by atoms with Gasteiger partial charge in [-0.2, -0.15) is 5.10 Å². The summed E-state index contributed by atoms with van der Waals surface area (Å²) in [4.78, 5) is 3.97. The molecule has 1 heterocycles. The van der Waals surface area contributed by atoms with Crippen LogP contribution in [0.5, 0.6) is 0 Å². The summed E-state index contributed by atoms with van der Waals surface area (Å²) in [5.41, 5.74) is 5.36. The van der Waals surface area contributed by atoms with Gasteiger partial charge in [-0.1, -0.05) is 0 Å². The molecule has 0 aliphatic heterocycles. The van der Waals surface area contributed by atoms with Gasteiger partial charge in [-0.15, -0.1) is 0 Å². The topological polar surface area (TPSA) is 90.9 Å². The maximum atomic E-state index is 11.8. The predicted octanol–water partition coefficient (Wildman–Crippen LogP) is 0.121. The molecule has 0 fully saturated rings. The van der Waals surface area contributed by atoms with Gasteiger partial charge in [0.15, 0.2) is 9.84 Å². The zero-order valence-electron chi connectivity index (χ0n) is 9.79. The molecule has 1 aromatic heterocycles. The first kappa shape index (κ1) is 13.1. The van der Waals surface area contributed by atoms with E-state index >= 15 is 0 Å². The Kier molecular flexibility index (Phi) is 4.03. The molecular weight excluding hydrogens is 228 g/mol. The van der Waals surface area contributed by atoms with Crippen molar-refractivity contribution in [3.8, 4) is 0 Å². The first-order valence-electron chi connectivity index (χ1n) is 5.18. The summed E-state index contributed by atoms with van der Waals surface area (Å²) in [7, 11) is -3.24. The van der Waals surface area contributed by atoms with Gasteiger partial charge in [-0.05, 0) is 20.8 Å². The van der Waals surface area contributed by atoms with Crippen molar-refractivity contribution < 1.29 is 8.42 Å². The second-order valence-corrected chi connectivity index (χ2v) is 6.49. The van der Waals surface area contributed by atoms with Gasteiger partial charge in [0.2, 0.25) is 0 Å². The van der Waals surface area contributed by atoms with E-state index in [1.165, 1.54) is 6.33 Å². The van der Waals surface area contributed by atoms with E-state index in [9.17, 15) is 8.42 Å². The standard InChI is InChI=1S/C9H18N4O2S/c1-7(2)13-9(11-6-12-13)5-16(14,15)8(3)4-10/h6-8H,4-5,10H2,1-3H3. The fraction of sp³-hybridized carbons (Fsp3) is 0.778. The smallest absolute Gasteiger partial charge is 0.161 e. The highest BCUT2D eigenvalue weighted by molar-refractivity contribution is 7.91. The monoisotopic (exact) mass is 246 g/mol. The summed E-state index contributed by atoms with van der Waals surface area (Å²) in [5, 5.41) is 3.44. The lowest BCUT2D eigenvalue weighted by atomic mass is 10.4. The number of sulfone groups is 1. The Labute approximate surface area is 95.8 Å². The van der Waals surface area contributed by atoms with Crippen LogP contribution in [-0.4, -0.2) is 35.0 Å². The SMILES string of the molecule is CC(C)n1ncnc1CS(=O)(=O)C(C)CN. The number of hydrogen-bond acceptors (Lipinski definition) is 5. The first-order valence-corrected chi connectivity index (χ1v) is 6.90. The van der Waals surface area contributed by atoms with Gasteiger partial charge in [-0.25, -0.2) is 18.1 Å². The zero-order chi connectivity index (χ0) is 12.3. The molecule has 1 unspecified atom stereocenters. The number of hydrogen-bond donors (Lipinski definition) is 1. The lowest BCUT2D eigenvalue weighted by Crippen LogP contribution is -2.28. The van der Waals surface area contributed by atoms with Crippen LogP contribution in [0.25, 0.3) is 0 Å². The quantitative estimate of drug-likeness (QED) is 0.797. The van der Waals surface area contributed by atoms with E-state index in [4.69, 9.17) is 5.73 Å². The van der Waals surface area contributed by atoms with E-state index < -0.39 is 15.1 Å². The molecule has 1 aromatic rings. The van der Waals surface area contributed by atoms with Crippen molar-refractivity contribution in [3.63, 3.8) is 0 Å². The fourth-order valence-electron chi connectivity index (χ4n) is 1.28. The number of nitrogens with two attached hydrogens (primary N) is 1. The Morgan fingerprint density at radius 1 is 1.44 bits per heavy atom. The third-order valence-corrected chi connectivity index (χ3v) is 4.49. The van der Waals surface area contributed by atoms with Gasteiger partial charge in [0.25, 0.3) is 0 Å². The van der Waals surface area contributed by atoms with Crippen LogP contribution >= 0.6 is 0 Å². The van der Waals surface area contributed by atoms with E-state index in [1.54, 1.807) is 11.6 Å². The van der Waals surface area contributed by atoms with Gasteiger partial charge in [0.05, 0.1) is 5.25 Å². The molecule has 0 saturated heterocycles. The molecule has 0 spiro atoms. The molecular formula is C9H18N4O2S. The summed E-state index contributed by atoms with van der Waals surface area (Å²) in [5.74, 6) is 0.360. The Bertz CT molecular complexity index is 438. The summed E-state index contributed by atoms with van der Waals surface area (Å²) < 4.78 is 25.3. The summed E-state index contributed by atoms with van der Waals surface area (Å²) in [6.07, 6.45) is 1.37. The number of rotatable bonds is 5. The highest BCUT2D eigenvalue weighted by Crippen LogP contribution is 2.11. The third-order valence-electron chi connectivity index (χ3n) is 2.41. The van der Waals surface area contributed by atoms with E-state index in [0.717, 1.165) is 0 Å². The van der Waals surface area contributed by atoms with E-state index in [2.05, 4.69) is 10.1 Å². The lowest BCUT2D eigenvalue weighted by Gasteiger charge is -2.12. The molecule has 0 bridgehead atoms. The van der Waals surface area contributed by atoms with Gasteiger partial charge in [-0.3, -0.25) is 0 Å². The van der Waals surface area contributed by atoms with Crippen LogP contribution in [0.3, 0.4) is 0 Å². The molecule has 1 atom stereocenters. The molecule has 6 nitrogen and oxygen atoms in total. The molecule has 16 heavy (non-hydrogen) atoms. The molecule has 1 rings (SSSR count). The van der Waals surface area contributed by atoms with Gasteiger partial charge in [0, 0.05) is 12.6 Å². The Hall–Kier alpha value is -0.950. The summed E-state index contributed by atoms with van der Waals surface area (Å²) in [6.45, 7) is 5.58. The molecule has 2 N–H and O–H groups in total. The predicted molar refractivity (Wildman–Crippen MR) is 61.5 cm³/mol.